The van der Waals surface area contributed by atoms with Crippen LogP contribution in [0.5, 0.6) is 0 Å². The third-order valence-corrected chi connectivity index (χ3v) is 5.36. The Bertz CT molecular complexity index is 458. The maximum absolute atomic E-state index is 11.3. The van der Waals surface area contributed by atoms with E-state index in [0.717, 1.165) is 0 Å². The summed E-state index contributed by atoms with van der Waals surface area (Å²) in [6.45, 7) is 0.509. The summed E-state index contributed by atoms with van der Waals surface area (Å²) < 4.78 is 9.95. The highest BCUT2D eigenvalue weighted by molar-refractivity contribution is 5.83. The zero-order valence-electron chi connectivity index (χ0n) is 10.8. The number of carboxylic acid groups (broad SMARTS) is 2. The van der Waals surface area contributed by atoms with Crippen molar-refractivity contribution in [2.45, 2.75) is 18.6 Å². The molecule has 0 heterocycles. The van der Waals surface area contributed by atoms with Gasteiger partial charge < -0.3 is 19.7 Å². The lowest BCUT2D eigenvalue weighted by atomic mass is 9.51. The van der Waals surface area contributed by atoms with Gasteiger partial charge in [-0.15, -0.1) is 0 Å². The fourth-order valence-electron chi connectivity index (χ4n) is 4.86. The van der Waals surface area contributed by atoms with Gasteiger partial charge in [0.05, 0.1) is 11.8 Å². The Morgan fingerprint density at radius 3 is 1.52 bits per heavy atom. The lowest BCUT2D eigenvalue weighted by molar-refractivity contribution is -0.201. The van der Waals surface area contributed by atoms with Crippen molar-refractivity contribution in [3.8, 4) is 0 Å². The van der Waals surface area contributed by atoms with Gasteiger partial charge in [0, 0.05) is 11.8 Å². The van der Waals surface area contributed by atoms with E-state index in [4.69, 9.17) is 9.47 Å². The fourth-order valence-corrected chi connectivity index (χ4v) is 4.86. The minimum absolute atomic E-state index is 0.255. The summed E-state index contributed by atoms with van der Waals surface area (Å²) in [5.74, 6) is -5.47. The van der Waals surface area contributed by atoms with E-state index in [1.807, 2.05) is 0 Å². The molecule has 3 aliphatic carbocycles. The molecule has 8 unspecified atom stereocenters. The Labute approximate surface area is 119 Å². The average Bonchev–Trinajstić information content (AvgIpc) is 2.82. The fraction of sp³-hybridized carbons (Fsp3) is 0.692. The number of carbonyl (C=O) groups excluding carboxylic acids is 2. The molecular formula is C13H14O8. The molecule has 2 N–H and O–H groups in total. The largest absolute Gasteiger partial charge is 0.481 e. The number of hydrogen-bond donors (Lipinski definition) is 2. The second-order valence-corrected chi connectivity index (χ2v) is 5.84. The highest BCUT2D eigenvalue weighted by Gasteiger charge is 2.73. The third-order valence-electron chi connectivity index (χ3n) is 5.36. The summed E-state index contributed by atoms with van der Waals surface area (Å²) >= 11 is 0. The monoisotopic (exact) mass is 298 g/mol. The Morgan fingerprint density at radius 2 is 1.24 bits per heavy atom. The van der Waals surface area contributed by atoms with Gasteiger partial charge in [-0.1, -0.05) is 0 Å². The summed E-state index contributed by atoms with van der Waals surface area (Å²) in [6, 6.07) is 0. The van der Waals surface area contributed by atoms with Crippen molar-refractivity contribution in [2.75, 3.05) is 0 Å². The van der Waals surface area contributed by atoms with Gasteiger partial charge in [-0.05, 0) is 18.3 Å². The van der Waals surface area contributed by atoms with Crippen LogP contribution < -0.4 is 0 Å². The number of ether oxygens (including phenoxy) is 2. The van der Waals surface area contributed by atoms with Crippen LogP contribution in [0.25, 0.3) is 0 Å². The molecule has 0 aromatic rings. The molecule has 0 spiro atoms. The zero-order chi connectivity index (χ0) is 15.3. The van der Waals surface area contributed by atoms with Gasteiger partial charge in [0.2, 0.25) is 0 Å². The van der Waals surface area contributed by atoms with E-state index < -0.39 is 36.0 Å². The molecule has 114 valence electrons. The van der Waals surface area contributed by atoms with E-state index in [-0.39, 0.29) is 36.6 Å². The molecule has 8 heteroatoms. The quantitative estimate of drug-likeness (QED) is 0.620. The van der Waals surface area contributed by atoms with Crippen LogP contribution in [0.4, 0.5) is 0 Å². The average molecular weight is 298 g/mol. The minimum Gasteiger partial charge on any atom is -0.481 e. The minimum atomic E-state index is -1.14. The predicted octanol–water partition coefficient (Wildman–Crippen LogP) is -0.633. The van der Waals surface area contributed by atoms with E-state index in [2.05, 4.69) is 0 Å². The SMILES string of the molecule is O=COC1C2CC(C1OC=O)C1C(C(=O)O)C(C(=O)O)C21. The van der Waals surface area contributed by atoms with Crippen LogP contribution in [0.15, 0.2) is 0 Å². The van der Waals surface area contributed by atoms with Crippen LogP contribution in [0.1, 0.15) is 6.42 Å². The molecule has 3 fully saturated rings. The van der Waals surface area contributed by atoms with Crippen molar-refractivity contribution in [3.63, 3.8) is 0 Å². The van der Waals surface area contributed by atoms with Gasteiger partial charge in [0.15, 0.2) is 0 Å². The predicted molar refractivity (Wildman–Crippen MR) is 62.7 cm³/mol. The molecule has 0 radical (unpaired) electrons. The smallest absolute Gasteiger partial charge is 0.307 e. The maximum Gasteiger partial charge on any atom is 0.307 e. The zero-order valence-corrected chi connectivity index (χ0v) is 10.8. The van der Waals surface area contributed by atoms with Gasteiger partial charge in [-0.2, -0.15) is 0 Å². The second kappa shape index (κ2) is 4.71. The number of aliphatic carboxylic acids is 2. The molecule has 0 aromatic carbocycles. The summed E-state index contributed by atoms with van der Waals surface area (Å²) in [4.78, 5) is 43.9. The Kier molecular flexibility index (Phi) is 3.11. The Balaban J connectivity index is 1.90. The van der Waals surface area contributed by atoms with Crippen LogP contribution in [-0.2, 0) is 28.7 Å². The van der Waals surface area contributed by atoms with Gasteiger partial charge in [-0.25, -0.2) is 0 Å². The molecule has 21 heavy (non-hydrogen) atoms. The molecule has 0 aliphatic heterocycles. The summed E-state index contributed by atoms with van der Waals surface area (Å²) in [5.41, 5.74) is 0. The lowest BCUT2D eigenvalue weighted by Gasteiger charge is -2.53. The van der Waals surface area contributed by atoms with E-state index in [1.165, 1.54) is 0 Å². The van der Waals surface area contributed by atoms with Crippen LogP contribution in [0.3, 0.4) is 0 Å². The van der Waals surface area contributed by atoms with Crippen molar-refractivity contribution in [2.24, 2.45) is 35.5 Å². The standard InChI is InChI=1S/C13H14O8/c14-2-20-10-4-1-5(11(10)21-3-15)7-6(4)8(12(16)17)9(7)13(18)19/h2-11H,1H2,(H,16,17)(H,18,19). The third kappa shape index (κ3) is 1.68. The first kappa shape index (κ1) is 13.8. The summed E-state index contributed by atoms with van der Waals surface area (Å²) in [7, 11) is 0. The normalized spacial score (nSPS) is 46.1. The number of carbonyl (C=O) groups is 4. The first-order chi connectivity index (χ1) is 10.0. The topological polar surface area (TPSA) is 127 Å². The molecule has 3 saturated carbocycles. The first-order valence-electron chi connectivity index (χ1n) is 6.66. The van der Waals surface area contributed by atoms with Crippen molar-refractivity contribution in [1.29, 1.82) is 0 Å². The van der Waals surface area contributed by atoms with E-state index >= 15 is 0 Å². The number of carboxylic acids is 2. The van der Waals surface area contributed by atoms with Gasteiger partial charge in [0.1, 0.15) is 12.2 Å². The van der Waals surface area contributed by atoms with E-state index in [0.29, 0.717) is 6.42 Å². The number of hydrogen-bond acceptors (Lipinski definition) is 6. The molecule has 8 atom stereocenters. The first-order valence-corrected chi connectivity index (χ1v) is 6.66. The molecule has 2 bridgehead atoms. The number of fused-ring (bicyclic) bond motifs is 5. The lowest BCUT2D eigenvalue weighted by Crippen LogP contribution is -2.62. The molecular weight excluding hydrogens is 284 g/mol. The van der Waals surface area contributed by atoms with Crippen LogP contribution in [0.2, 0.25) is 0 Å². The van der Waals surface area contributed by atoms with Crippen molar-refractivity contribution in [1.82, 2.24) is 0 Å². The van der Waals surface area contributed by atoms with Crippen LogP contribution in [-0.4, -0.2) is 47.3 Å². The Hall–Kier alpha value is -2.12. The molecule has 0 amide bonds. The van der Waals surface area contributed by atoms with Crippen LogP contribution >= 0.6 is 0 Å². The summed E-state index contributed by atoms with van der Waals surface area (Å²) in [5, 5.41) is 18.5. The maximum atomic E-state index is 11.3. The van der Waals surface area contributed by atoms with Crippen molar-refractivity contribution in [3.05, 3.63) is 0 Å². The van der Waals surface area contributed by atoms with E-state index in [9.17, 15) is 29.4 Å². The van der Waals surface area contributed by atoms with Gasteiger partial charge >= 0.3 is 11.9 Å². The molecule has 8 nitrogen and oxygen atoms in total. The van der Waals surface area contributed by atoms with Gasteiger partial charge in [-0.3, -0.25) is 19.2 Å². The van der Waals surface area contributed by atoms with Gasteiger partial charge in [0.25, 0.3) is 12.9 Å². The second-order valence-electron chi connectivity index (χ2n) is 5.84. The van der Waals surface area contributed by atoms with E-state index in [1.54, 1.807) is 0 Å². The molecule has 0 aromatic heterocycles. The molecule has 3 aliphatic rings. The highest BCUT2D eigenvalue weighted by Crippen LogP contribution is 2.67. The van der Waals surface area contributed by atoms with Crippen molar-refractivity contribution >= 4 is 24.9 Å². The highest BCUT2D eigenvalue weighted by atomic mass is 16.6. The molecule has 3 rings (SSSR count). The van der Waals surface area contributed by atoms with Crippen LogP contribution in [0, 0.1) is 35.5 Å². The summed E-state index contributed by atoms with van der Waals surface area (Å²) in [6.07, 6.45) is -0.856. The van der Waals surface area contributed by atoms with Crippen molar-refractivity contribution < 1.29 is 38.9 Å². The Morgan fingerprint density at radius 1 is 0.857 bits per heavy atom. The molecule has 0 saturated heterocycles. The number of rotatable bonds is 6.